The molecule has 4 aromatic rings. The summed E-state index contributed by atoms with van der Waals surface area (Å²) in [5.74, 6) is 0.189. The van der Waals surface area contributed by atoms with Gasteiger partial charge in [-0.25, -0.2) is 14.6 Å². The number of para-hydroxylation sites is 1. The summed E-state index contributed by atoms with van der Waals surface area (Å²) in [4.78, 5) is 28.6. The van der Waals surface area contributed by atoms with E-state index in [2.05, 4.69) is 15.6 Å². The molecule has 5 rings (SSSR count). The molecule has 2 aromatic carbocycles. The SMILES string of the molecule is O=C(Nc1nccc(-c2ccc3c(ccn3C(=O)NC3CC3)c2)c1O)Oc1ccccc1. The molecule has 0 unspecified atom stereocenters. The first-order chi connectivity index (χ1) is 15.6. The fourth-order valence-corrected chi connectivity index (χ4v) is 3.46. The molecule has 32 heavy (non-hydrogen) atoms. The van der Waals surface area contributed by atoms with Crippen molar-refractivity contribution in [1.82, 2.24) is 14.9 Å². The van der Waals surface area contributed by atoms with Crippen molar-refractivity contribution in [2.45, 2.75) is 18.9 Å². The minimum atomic E-state index is -0.759. The molecule has 1 saturated carbocycles. The van der Waals surface area contributed by atoms with Crippen LogP contribution in [-0.4, -0.2) is 32.8 Å². The number of ether oxygens (including phenoxy) is 1. The van der Waals surface area contributed by atoms with E-state index in [4.69, 9.17) is 4.74 Å². The van der Waals surface area contributed by atoms with Crippen LogP contribution in [0.3, 0.4) is 0 Å². The van der Waals surface area contributed by atoms with E-state index in [9.17, 15) is 14.7 Å². The van der Waals surface area contributed by atoms with Gasteiger partial charge in [0, 0.05) is 29.4 Å². The number of rotatable bonds is 4. The molecule has 160 valence electrons. The molecule has 2 heterocycles. The summed E-state index contributed by atoms with van der Waals surface area (Å²) in [5.41, 5.74) is 1.98. The van der Waals surface area contributed by atoms with Gasteiger partial charge >= 0.3 is 12.1 Å². The summed E-state index contributed by atoms with van der Waals surface area (Å²) < 4.78 is 6.77. The highest BCUT2D eigenvalue weighted by Gasteiger charge is 2.24. The highest BCUT2D eigenvalue weighted by molar-refractivity contribution is 5.95. The number of aromatic nitrogens is 2. The summed E-state index contributed by atoms with van der Waals surface area (Å²) in [6.45, 7) is 0. The van der Waals surface area contributed by atoms with E-state index in [1.165, 1.54) is 6.20 Å². The van der Waals surface area contributed by atoms with Crippen LogP contribution in [0.4, 0.5) is 15.4 Å². The maximum absolute atomic E-state index is 12.4. The first-order valence-corrected chi connectivity index (χ1v) is 10.2. The Bertz CT molecular complexity index is 1310. The molecule has 0 atom stereocenters. The Morgan fingerprint density at radius 2 is 1.88 bits per heavy atom. The van der Waals surface area contributed by atoms with E-state index >= 15 is 0 Å². The monoisotopic (exact) mass is 428 g/mol. The number of nitrogens with zero attached hydrogens (tertiary/aromatic N) is 2. The number of hydrogen-bond acceptors (Lipinski definition) is 5. The zero-order valence-corrected chi connectivity index (χ0v) is 17.0. The summed E-state index contributed by atoms with van der Waals surface area (Å²) >= 11 is 0. The molecule has 0 radical (unpaired) electrons. The van der Waals surface area contributed by atoms with Crippen LogP contribution < -0.4 is 15.4 Å². The number of pyridine rings is 1. The van der Waals surface area contributed by atoms with Crippen molar-refractivity contribution in [3.8, 4) is 22.6 Å². The van der Waals surface area contributed by atoms with E-state index in [0.29, 0.717) is 11.3 Å². The number of aromatic hydroxyl groups is 1. The van der Waals surface area contributed by atoms with Crippen LogP contribution in [0.5, 0.6) is 11.5 Å². The van der Waals surface area contributed by atoms with Gasteiger partial charge in [0.2, 0.25) is 0 Å². The van der Waals surface area contributed by atoms with Crippen LogP contribution in [0.25, 0.3) is 22.0 Å². The number of amides is 2. The predicted octanol–water partition coefficient (Wildman–Crippen LogP) is 4.74. The van der Waals surface area contributed by atoms with E-state index in [-0.39, 0.29) is 23.6 Å². The number of carbonyl (C=O) groups is 2. The second-order valence-corrected chi connectivity index (χ2v) is 7.57. The van der Waals surface area contributed by atoms with Crippen molar-refractivity contribution in [3.63, 3.8) is 0 Å². The highest BCUT2D eigenvalue weighted by atomic mass is 16.6. The molecule has 1 aliphatic carbocycles. The van der Waals surface area contributed by atoms with Crippen molar-refractivity contribution in [1.29, 1.82) is 0 Å². The standard InChI is InChI=1S/C24H20N4O4/c29-21-19(10-12-25-22(21)27-24(31)32-18-4-2-1-3-5-18)15-6-9-20-16(14-15)11-13-28(20)23(30)26-17-7-8-17/h1-6,9-14,17,29H,7-8H2,(H,26,30)(H,25,27,31). The zero-order chi connectivity index (χ0) is 22.1. The smallest absolute Gasteiger partial charge is 0.418 e. The van der Waals surface area contributed by atoms with Crippen LogP contribution in [0.1, 0.15) is 12.8 Å². The van der Waals surface area contributed by atoms with Crippen LogP contribution in [0.2, 0.25) is 0 Å². The predicted molar refractivity (Wildman–Crippen MR) is 120 cm³/mol. The molecule has 8 heteroatoms. The number of carbonyl (C=O) groups excluding carboxylic acids is 2. The average molecular weight is 428 g/mol. The fraction of sp³-hybridized carbons (Fsp3) is 0.125. The third kappa shape index (κ3) is 3.98. The normalized spacial score (nSPS) is 13.0. The second kappa shape index (κ2) is 8.07. The summed E-state index contributed by atoms with van der Waals surface area (Å²) in [6.07, 6.45) is 4.50. The molecule has 1 fully saturated rings. The van der Waals surface area contributed by atoms with Gasteiger partial charge in [-0.1, -0.05) is 24.3 Å². The van der Waals surface area contributed by atoms with E-state index < -0.39 is 6.09 Å². The Balaban J connectivity index is 1.38. The number of anilines is 1. The Hall–Kier alpha value is -4.33. The van der Waals surface area contributed by atoms with Gasteiger partial charge in [0.05, 0.1) is 5.52 Å². The van der Waals surface area contributed by atoms with Crippen LogP contribution in [0.15, 0.2) is 73.1 Å². The molecular weight excluding hydrogens is 408 g/mol. The van der Waals surface area contributed by atoms with E-state index in [0.717, 1.165) is 29.3 Å². The van der Waals surface area contributed by atoms with E-state index in [1.54, 1.807) is 41.1 Å². The Kier molecular flexibility index (Phi) is 4.95. The van der Waals surface area contributed by atoms with Gasteiger partial charge in [-0.05, 0) is 54.8 Å². The van der Waals surface area contributed by atoms with Gasteiger partial charge in [-0.2, -0.15) is 0 Å². The third-order valence-electron chi connectivity index (χ3n) is 5.22. The molecule has 0 spiro atoms. The average Bonchev–Trinajstić information content (AvgIpc) is 3.50. The first-order valence-electron chi connectivity index (χ1n) is 10.2. The molecule has 2 aromatic heterocycles. The molecule has 0 saturated heterocycles. The largest absolute Gasteiger partial charge is 0.504 e. The molecule has 1 aliphatic rings. The minimum absolute atomic E-state index is 0.00934. The Morgan fingerprint density at radius 1 is 1.06 bits per heavy atom. The minimum Gasteiger partial charge on any atom is -0.504 e. The van der Waals surface area contributed by atoms with Crippen molar-refractivity contribution < 1.29 is 19.4 Å². The summed E-state index contributed by atoms with van der Waals surface area (Å²) in [6, 6.07) is 17.7. The van der Waals surface area contributed by atoms with Crippen LogP contribution in [0, 0.1) is 0 Å². The summed E-state index contributed by atoms with van der Waals surface area (Å²) in [7, 11) is 0. The van der Waals surface area contributed by atoms with Crippen molar-refractivity contribution in [3.05, 3.63) is 73.1 Å². The molecule has 3 N–H and O–H groups in total. The Labute approximate surface area is 183 Å². The third-order valence-corrected chi connectivity index (χ3v) is 5.22. The van der Waals surface area contributed by atoms with Crippen molar-refractivity contribution in [2.24, 2.45) is 0 Å². The quantitative estimate of drug-likeness (QED) is 0.435. The number of nitrogens with one attached hydrogen (secondary N) is 2. The lowest BCUT2D eigenvalue weighted by Gasteiger charge is -2.11. The fourth-order valence-electron chi connectivity index (χ4n) is 3.46. The van der Waals surface area contributed by atoms with Crippen LogP contribution >= 0.6 is 0 Å². The number of hydrogen-bond donors (Lipinski definition) is 3. The topological polar surface area (TPSA) is 105 Å². The van der Waals surface area contributed by atoms with Crippen LogP contribution in [-0.2, 0) is 0 Å². The molecule has 0 bridgehead atoms. The lowest BCUT2D eigenvalue weighted by atomic mass is 10.0. The highest BCUT2D eigenvalue weighted by Crippen LogP contribution is 2.35. The first kappa shape index (κ1) is 19.6. The molecular formula is C24H20N4O4. The van der Waals surface area contributed by atoms with Gasteiger partial charge in [-0.15, -0.1) is 0 Å². The zero-order valence-electron chi connectivity index (χ0n) is 17.0. The second-order valence-electron chi connectivity index (χ2n) is 7.57. The lowest BCUT2D eigenvalue weighted by Crippen LogP contribution is -2.29. The molecule has 0 aliphatic heterocycles. The van der Waals surface area contributed by atoms with Gasteiger partial charge in [0.1, 0.15) is 5.75 Å². The van der Waals surface area contributed by atoms with Gasteiger partial charge in [0.15, 0.2) is 11.6 Å². The lowest BCUT2D eigenvalue weighted by molar-refractivity contribution is 0.215. The van der Waals surface area contributed by atoms with Crippen molar-refractivity contribution >= 4 is 28.8 Å². The van der Waals surface area contributed by atoms with Crippen molar-refractivity contribution in [2.75, 3.05) is 5.32 Å². The number of fused-ring (bicyclic) bond motifs is 1. The van der Waals surface area contributed by atoms with Gasteiger partial charge < -0.3 is 15.2 Å². The maximum atomic E-state index is 12.4. The summed E-state index contributed by atoms with van der Waals surface area (Å²) in [5, 5.41) is 17.0. The molecule has 8 nitrogen and oxygen atoms in total. The van der Waals surface area contributed by atoms with Gasteiger partial charge in [-0.3, -0.25) is 9.88 Å². The Morgan fingerprint density at radius 3 is 2.66 bits per heavy atom. The maximum Gasteiger partial charge on any atom is 0.418 e. The van der Waals surface area contributed by atoms with E-state index in [1.807, 2.05) is 30.3 Å². The molecule has 2 amide bonds. The van der Waals surface area contributed by atoms with Gasteiger partial charge in [0.25, 0.3) is 0 Å². The number of benzene rings is 2.